The average molecular weight is 295 g/mol. The first-order chi connectivity index (χ1) is 10.6. The standard InChI is InChI=1S/C17H17N3O2/c1-11-7-8-14-13(9-11)19-16(12-5-3-2-4-6-12)17(22)20(14)10-15(18)21/h2-9,16,19H,10H2,1H3,(H2,18,21). The second kappa shape index (κ2) is 5.52. The zero-order valence-electron chi connectivity index (χ0n) is 12.2. The number of primary amides is 1. The molecule has 1 heterocycles. The lowest BCUT2D eigenvalue weighted by Crippen LogP contribution is -2.46. The number of amides is 2. The molecule has 112 valence electrons. The predicted molar refractivity (Wildman–Crippen MR) is 85.5 cm³/mol. The number of anilines is 2. The van der Waals surface area contributed by atoms with E-state index in [0.717, 1.165) is 16.8 Å². The average Bonchev–Trinajstić information content (AvgIpc) is 2.50. The van der Waals surface area contributed by atoms with Crippen molar-refractivity contribution in [3.05, 3.63) is 59.7 Å². The Hall–Kier alpha value is -2.82. The van der Waals surface area contributed by atoms with Crippen molar-refractivity contribution in [2.75, 3.05) is 16.8 Å². The summed E-state index contributed by atoms with van der Waals surface area (Å²) in [6.45, 7) is 1.86. The van der Waals surface area contributed by atoms with Crippen LogP contribution in [0.3, 0.4) is 0 Å². The van der Waals surface area contributed by atoms with Gasteiger partial charge in [0.15, 0.2) is 0 Å². The molecule has 0 saturated carbocycles. The molecule has 0 spiro atoms. The molecule has 0 saturated heterocycles. The van der Waals surface area contributed by atoms with Crippen LogP contribution in [0.1, 0.15) is 17.2 Å². The van der Waals surface area contributed by atoms with Crippen molar-refractivity contribution in [1.29, 1.82) is 0 Å². The summed E-state index contributed by atoms with van der Waals surface area (Å²) in [5.41, 5.74) is 8.74. The number of benzene rings is 2. The van der Waals surface area contributed by atoms with Crippen molar-refractivity contribution in [1.82, 2.24) is 0 Å². The number of nitrogens with one attached hydrogen (secondary N) is 1. The minimum absolute atomic E-state index is 0.125. The van der Waals surface area contributed by atoms with Crippen LogP contribution in [0.2, 0.25) is 0 Å². The summed E-state index contributed by atoms with van der Waals surface area (Å²) < 4.78 is 0. The fraction of sp³-hybridized carbons (Fsp3) is 0.176. The summed E-state index contributed by atoms with van der Waals surface area (Å²) in [5, 5.41) is 3.26. The maximum absolute atomic E-state index is 12.8. The fourth-order valence-electron chi connectivity index (χ4n) is 2.68. The molecule has 5 heteroatoms. The lowest BCUT2D eigenvalue weighted by molar-refractivity contribution is -0.123. The lowest BCUT2D eigenvalue weighted by Gasteiger charge is -2.35. The van der Waals surface area contributed by atoms with E-state index in [1.165, 1.54) is 4.90 Å². The highest BCUT2D eigenvalue weighted by Gasteiger charge is 2.34. The second-order valence-corrected chi connectivity index (χ2v) is 5.40. The van der Waals surface area contributed by atoms with E-state index < -0.39 is 11.9 Å². The van der Waals surface area contributed by atoms with Crippen molar-refractivity contribution in [3.8, 4) is 0 Å². The monoisotopic (exact) mass is 295 g/mol. The molecule has 3 rings (SSSR count). The third-order valence-electron chi connectivity index (χ3n) is 3.70. The minimum Gasteiger partial charge on any atom is -0.368 e. The third kappa shape index (κ3) is 2.53. The molecule has 2 aromatic carbocycles. The molecular formula is C17H17N3O2. The summed E-state index contributed by atoms with van der Waals surface area (Å²) in [4.78, 5) is 25.6. The highest BCUT2D eigenvalue weighted by Crippen LogP contribution is 2.36. The molecule has 1 unspecified atom stereocenters. The largest absolute Gasteiger partial charge is 0.368 e. The van der Waals surface area contributed by atoms with E-state index in [-0.39, 0.29) is 12.5 Å². The maximum Gasteiger partial charge on any atom is 0.254 e. The van der Waals surface area contributed by atoms with Gasteiger partial charge in [-0.2, -0.15) is 0 Å². The zero-order valence-corrected chi connectivity index (χ0v) is 12.2. The Bertz CT molecular complexity index is 728. The van der Waals surface area contributed by atoms with Gasteiger partial charge in [-0.1, -0.05) is 36.4 Å². The first-order valence-electron chi connectivity index (χ1n) is 7.08. The molecule has 0 aromatic heterocycles. The Morgan fingerprint density at radius 1 is 1.23 bits per heavy atom. The van der Waals surface area contributed by atoms with Gasteiger partial charge in [-0.3, -0.25) is 14.5 Å². The zero-order chi connectivity index (χ0) is 15.7. The Labute approximate surface area is 128 Å². The molecule has 0 radical (unpaired) electrons. The van der Waals surface area contributed by atoms with Crippen LogP contribution in [0, 0.1) is 6.92 Å². The number of rotatable bonds is 3. The molecule has 0 bridgehead atoms. The second-order valence-electron chi connectivity index (χ2n) is 5.40. The van der Waals surface area contributed by atoms with Gasteiger partial charge in [-0.15, -0.1) is 0 Å². The van der Waals surface area contributed by atoms with Crippen LogP contribution in [-0.4, -0.2) is 18.4 Å². The summed E-state index contributed by atoms with van der Waals surface area (Å²) in [7, 11) is 0. The first kappa shape index (κ1) is 14.1. The van der Waals surface area contributed by atoms with Crippen LogP contribution in [0.5, 0.6) is 0 Å². The Balaban J connectivity index is 2.06. The fourth-order valence-corrected chi connectivity index (χ4v) is 2.68. The van der Waals surface area contributed by atoms with E-state index in [1.807, 2.05) is 55.5 Å². The normalized spacial score (nSPS) is 16.9. The van der Waals surface area contributed by atoms with Gasteiger partial charge in [-0.25, -0.2) is 0 Å². The molecule has 22 heavy (non-hydrogen) atoms. The highest BCUT2D eigenvalue weighted by molar-refractivity contribution is 6.08. The lowest BCUT2D eigenvalue weighted by atomic mass is 10.0. The molecule has 3 N–H and O–H groups in total. The van der Waals surface area contributed by atoms with E-state index in [4.69, 9.17) is 5.73 Å². The van der Waals surface area contributed by atoms with Gasteiger partial charge in [0, 0.05) is 0 Å². The number of aryl methyl sites for hydroxylation is 1. The van der Waals surface area contributed by atoms with Gasteiger partial charge < -0.3 is 11.1 Å². The van der Waals surface area contributed by atoms with Gasteiger partial charge in [-0.05, 0) is 30.2 Å². The maximum atomic E-state index is 12.8. The van der Waals surface area contributed by atoms with Crippen LogP contribution in [0.4, 0.5) is 11.4 Å². The Morgan fingerprint density at radius 2 is 1.95 bits per heavy atom. The number of fused-ring (bicyclic) bond motifs is 1. The van der Waals surface area contributed by atoms with Crippen LogP contribution in [-0.2, 0) is 9.59 Å². The number of hydrogen-bond donors (Lipinski definition) is 2. The van der Waals surface area contributed by atoms with Gasteiger partial charge in [0.2, 0.25) is 5.91 Å². The molecule has 2 aromatic rings. The molecule has 1 aliphatic heterocycles. The molecular weight excluding hydrogens is 278 g/mol. The molecule has 1 aliphatic rings. The summed E-state index contributed by atoms with van der Waals surface area (Å²) in [6, 6.07) is 14.6. The number of hydrogen-bond acceptors (Lipinski definition) is 3. The van der Waals surface area contributed by atoms with E-state index in [2.05, 4.69) is 5.32 Å². The van der Waals surface area contributed by atoms with Crippen LogP contribution in [0.25, 0.3) is 0 Å². The van der Waals surface area contributed by atoms with Crippen LogP contribution in [0.15, 0.2) is 48.5 Å². The minimum atomic E-state index is -0.534. The summed E-state index contributed by atoms with van der Waals surface area (Å²) >= 11 is 0. The third-order valence-corrected chi connectivity index (χ3v) is 3.70. The number of nitrogens with zero attached hydrogens (tertiary/aromatic N) is 1. The van der Waals surface area contributed by atoms with Crippen molar-refractivity contribution < 1.29 is 9.59 Å². The molecule has 0 aliphatic carbocycles. The Morgan fingerprint density at radius 3 is 2.64 bits per heavy atom. The predicted octanol–water partition coefficient (Wildman–Crippen LogP) is 1.98. The Kier molecular flexibility index (Phi) is 3.55. The number of carbonyl (C=O) groups is 2. The highest BCUT2D eigenvalue weighted by atomic mass is 16.2. The van der Waals surface area contributed by atoms with Gasteiger partial charge in [0.25, 0.3) is 5.91 Å². The number of nitrogens with two attached hydrogens (primary N) is 1. The summed E-state index contributed by atoms with van der Waals surface area (Å²) in [6.07, 6.45) is 0. The molecule has 1 atom stereocenters. The van der Waals surface area contributed by atoms with Gasteiger partial charge >= 0.3 is 0 Å². The van der Waals surface area contributed by atoms with E-state index >= 15 is 0 Å². The van der Waals surface area contributed by atoms with E-state index in [0.29, 0.717) is 5.69 Å². The topological polar surface area (TPSA) is 75.4 Å². The smallest absolute Gasteiger partial charge is 0.254 e. The van der Waals surface area contributed by atoms with Crippen molar-refractivity contribution in [3.63, 3.8) is 0 Å². The van der Waals surface area contributed by atoms with Gasteiger partial charge in [0.05, 0.1) is 11.4 Å². The first-order valence-corrected chi connectivity index (χ1v) is 7.08. The molecule has 5 nitrogen and oxygen atoms in total. The van der Waals surface area contributed by atoms with Crippen LogP contribution >= 0.6 is 0 Å². The number of carbonyl (C=O) groups excluding carboxylic acids is 2. The van der Waals surface area contributed by atoms with Crippen molar-refractivity contribution in [2.45, 2.75) is 13.0 Å². The van der Waals surface area contributed by atoms with Crippen LogP contribution < -0.4 is 16.0 Å². The van der Waals surface area contributed by atoms with Crippen molar-refractivity contribution in [2.24, 2.45) is 5.73 Å². The molecule has 2 amide bonds. The summed E-state index contributed by atoms with van der Waals surface area (Å²) in [5.74, 6) is -0.713. The van der Waals surface area contributed by atoms with E-state index in [9.17, 15) is 9.59 Å². The molecule has 0 fully saturated rings. The van der Waals surface area contributed by atoms with Gasteiger partial charge in [0.1, 0.15) is 12.6 Å². The van der Waals surface area contributed by atoms with Crippen molar-refractivity contribution >= 4 is 23.2 Å². The quantitative estimate of drug-likeness (QED) is 0.909. The van der Waals surface area contributed by atoms with E-state index in [1.54, 1.807) is 0 Å². The SMILES string of the molecule is Cc1ccc2c(c1)NC(c1ccccc1)C(=O)N2CC(N)=O.